The number of carbonyl (C=O) groups excluding carboxylic acids is 2. The highest BCUT2D eigenvalue weighted by molar-refractivity contribution is 5.96. The van der Waals surface area contributed by atoms with E-state index in [9.17, 15) is 9.59 Å². The maximum absolute atomic E-state index is 12.6. The molecule has 0 aliphatic rings. The van der Waals surface area contributed by atoms with Gasteiger partial charge in [-0.25, -0.2) is 0 Å². The Bertz CT molecular complexity index is 976. The average molecular weight is 374 g/mol. The molecule has 0 saturated carbocycles. The number of hydrogen-bond acceptors (Lipinski definition) is 2. The Morgan fingerprint density at radius 1 is 0.893 bits per heavy atom. The van der Waals surface area contributed by atoms with E-state index in [2.05, 4.69) is 10.6 Å². The van der Waals surface area contributed by atoms with E-state index in [-0.39, 0.29) is 17.9 Å². The number of hydrogen-bond donors (Lipinski definition) is 2. The number of rotatable bonds is 7. The predicted octanol–water partition coefficient (Wildman–Crippen LogP) is 4.48. The molecule has 0 bridgehead atoms. The molecule has 0 fully saturated rings. The zero-order chi connectivity index (χ0) is 19.9. The Labute approximate surface area is 166 Å². The SMILES string of the molecule is CCC(C)NC(=O)Cc1cccc(NC(=O)Cc2cccc3ccccc23)c1. The van der Waals surface area contributed by atoms with Gasteiger partial charge in [0.2, 0.25) is 11.8 Å². The molecule has 28 heavy (non-hydrogen) atoms. The van der Waals surface area contributed by atoms with Gasteiger partial charge in [0.15, 0.2) is 0 Å². The van der Waals surface area contributed by atoms with Crippen molar-refractivity contribution in [3.8, 4) is 0 Å². The van der Waals surface area contributed by atoms with Crippen LogP contribution in [0.25, 0.3) is 10.8 Å². The van der Waals surface area contributed by atoms with Gasteiger partial charge in [-0.3, -0.25) is 9.59 Å². The standard InChI is InChI=1S/C24H26N2O2/c1-3-17(2)25-23(27)15-18-8-6-12-21(14-18)26-24(28)16-20-11-7-10-19-9-4-5-13-22(19)20/h4-14,17H,3,15-16H2,1-2H3,(H,25,27)(H,26,28). The third kappa shape index (κ3) is 5.19. The first-order chi connectivity index (χ1) is 13.5. The number of fused-ring (bicyclic) bond motifs is 1. The molecule has 3 aromatic rings. The van der Waals surface area contributed by atoms with Crippen LogP contribution in [-0.4, -0.2) is 17.9 Å². The van der Waals surface area contributed by atoms with Gasteiger partial charge in [-0.05, 0) is 47.4 Å². The lowest BCUT2D eigenvalue weighted by atomic mass is 10.0. The van der Waals surface area contributed by atoms with Gasteiger partial charge in [0, 0.05) is 11.7 Å². The van der Waals surface area contributed by atoms with E-state index in [4.69, 9.17) is 0 Å². The molecular formula is C24H26N2O2. The molecule has 144 valence electrons. The van der Waals surface area contributed by atoms with Gasteiger partial charge < -0.3 is 10.6 Å². The van der Waals surface area contributed by atoms with E-state index in [1.54, 1.807) is 0 Å². The Morgan fingerprint density at radius 2 is 1.64 bits per heavy atom. The molecule has 0 aliphatic heterocycles. The van der Waals surface area contributed by atoms with Crippen LogP contribution in [0.1, 0.15) is 31.4 Å². The molecule has 0 saturated heterocycles. The lowest BCUT2D eigenvalue weighted by Gasteiger charge is -2.12. The second kappa shape index (κ2) is 9.18. The Hall–Kier alpha value is -3.14. The van der Waals surface area contributed by atoms with Gasteiger partial charge in [-0.15, -0.1) is 0 Å². The third-order valence-electron chi connectivity index (χ3n) is 4.83. The Kier molecular flexibility index (Phi) is 6.43. The van der Waals surface area contributed by atoms with Gasteiger partial charge in [0.25, 0.3) is 0 Å². The minimum atomic E-state index is -0.0717. The summed E-state index contributed by atoms with van der Waals surface area (Å²) in [6, 6.07) is 21.7. The lowest BCUT2D eigenvalue weighted by molar-refractivity contribution is -0.121. The summed E-state index contributed by atoms with van der Waals surface area (Å²) in [5.41, 5.74) is 2.59. The first kappa shape index (κ1) is 19.6. The van der Waals surface area contributed by atoms with Crippen molar-refractivity contribution in [3.63, 3.8) is 0 Å². The fourth-order valence-corrected chi connectivity index (χ4v) is 3.20. The molecule has 2 N–H and O–H groups in total. The van der Waals surface area contributed by atoms with Crippen molar-refractivity contribution in [2.45, 2.75) is 39.2 Å². The summed E-state index contributed by atoms with van der Waals surface area (Å²) in [6.45, 7) is 4.03. The molecule has 3 aromatic carbocycles. The maximum atomic E-state index is 12.6. The number of amides is 2. The van der Waals surface area contributed by atoms with Crippen molar-refractivity contribution in [2.75, 3.05) is 5.32 Å². The van der Waals surface area contributed by atoms with Crippen molar-refractivity contribution in [1.29, 1.82) is 0 Å². The van der Waals surface area contributed by atoms with Crippen LogP contribution in [0.3, 0.4) is 0 Å². The first-order valence-electron chi connectivity index (χ1n) is 9.70. The van der Waals surface area contributed by atoms with E-state index >= 15 is 0 Å². The van der Waals surface area contributed by atoms with Crippen LogP contribution in [0.15, 0.2) is 66.7 Å². The zero-order valence-electron chi connectivity index (χ0n) is 16.4. The second-order valence-electron chi connectivity index (χ2n) is 7.12. The van der Waals surface area contributed by atoms with E-state index in [1.165, 1.54) is 0 Å². The monoisotopic (exact) mass is 374 g/mol. The highest BCUT2D eigenvalue weighted by atomic mass is 16.2. The van der Waals surface area contributed by atoms with Crippen molar-refractivity contribution in [1.82, 2.24) is 5.32 Å². The minimum absolute atomic E-state index is 0.00594. The summed E-state index contributed by atoms with van der Waals surface area (Å²) in [7, 11) is 0. The summed E-state index contributed by atoms with van der Waals surface area (Å²) in [4.78, 5) is 24.6. The lowest BCUT2D eigenvalue weighted by Crippen LogP contribution is -2.33. The summed E-state index contributed by atoms with van der Waals surface area (Å²) in [5.74, 6) is -0.0776. The summed E-state index contributed by atoms with van der Waals surface area (Å²) in [6.07, 6.45) is 1.51. The van der Waals surface area contributed by atoms with E-state index in [0.29, 0.717) is 18.5 Å². The van der Waals surface area contributed by atoms with E-state index in [1.807, 2.05) is 80.6 Å². The molecule has 0 spiro atoms. The van der Waals surface area contributed by atoms with Crippen LogP contribution in [-0.2, 0) is 22.4 Å². The van der Waals surface area contributed by atoms with Crippen LogP contribution < -0.4 is 10.6 Å². The molecule has 3 rings (SSSR count). The van der Waals surface area contributed by atoms with Gasteiger partial charge in [-0.1, -0.05) is 61.5 Å². The molecule has 0 radical (unpaired) electrons. The smallest absolute Gasteiger partial charge is 0.228 e. The Morgan fingerprint density at radius 3 is 2.46 bits per heavy atom. The maximum Gasteiger partial charge on any atom is 0.228 e. The number of benzene rings is 3. The topological polar surface area (TPSA) is 58.2 Å². The molecule has 0 aromatic heterocycles. The van der Waals surface area contributed by atoms with Crippen LogP contribution in [0.4, 0.5) is 5.69 Å². The number of carbonyl (C=O) groups is 2. The van der Waals surface area contributed by atoms with Crippen molar-refractivity contribution < 1.29 is 9.59 Å². The predicted molar refractivity (Wildman–Crippen MR) is 114 cm³/mol. The minimum Gasteiger partial charge on any atom is -0.353 e. The molecule has 2 amide bonds. The molecule has 0 heterocycles. The summed E-state index contributed by atoms with van der Waals surface area (Å²) >= 11 is 0. The van der Waals surface area contributed by atoms with Crippen molar-refractivity contribution in [3.05, 3.63) is 77.9 Å². The quantitative estimate of drug-likeness (QED) is 0.641. The largest absolute Gasteiger partial charge is 0.353 e. The van der Waals surface area contributed by atoms with Crippen LogP contribution in [0.5, 0.6) is 0 Å². The fraction of sp³-hybridized carbons (Fsp3) is 0.250. The molecular weight excluding hydrogens is 348 g/mol. The average Bonchev–Trinajstić information content (AvgIpc) is 2.68. The summed E-state index contributed by atoms with van der Waals surface area (Å²) < 4.78 is 0. The second-order valence-corrected chi connectivity index (χ2v) is 7.12. The van der Waals surface area contributed by atoms with E-state index < -0.39 is 0 Å². The van der Waals surface area contributed by atoms with Crippen LogP contribution >= 0.6 is 0 Å². The molecule has 1 atom stereocenters. The number of anilines is 1. The van der Waals surface area contributed by atoms with Crippen LogP contribution in [0.2, 0.25) is 0 Å². The molecule has 1 unspecified atom stereocenters. The normalized spacial score (nSPS) is 11.8. The molecule has 4 nitrogen and oxygen atoms in total. The van der Waals surface area contributed by atoms with Gasteiger partial charge in [0.1, 0.15) is 0 Å². The fourth-order valence-electron chi connectivity index (χ4n) is 3.20. The highest BCUT2D eigenvalue weighted by Crippen LogP contribution is 2.19. The third-order valence-corrected chi connectivity index (χ3v) is 4.83. The van der Waals surface area contributed by atoms with Crippen molar-refractivity contribution in [2.24, 2.45) is 0 Å². The highest BCUT2D eigenvalue weighted by Gasteiger charge is 2.10. The van der Waals surface area contributed by atoms with Gasteiger partial charge in [-0.2, -0.15) is 0 Å². The molecule has 4 heteroatoms. The molecule has 0 aliphatic carbocycles. The van der Waals surface area contributed by atoms with Gasteiger partial charge >= 0.3 is 0 Å². The Balaban J connectivity index is 1.65. The first-order valence-corrected chi connectivity index (χ1v) is 9.70. The van der Waals surface area contributed by atoms with Crippen molar-refractivity contribution >= 4 is 28.3 Å². The van der Waals surface area contributed by atoms with Gasteiger partial charge in [0.05, 0.1) is 12.8 Å². The van der Waals surface area contributed by atoms with E-state index in [0.717, 1.165) is 28.3 Å². The summed E-state index contributed by atoms with van der Waals surface area (Å²) in [5, 5.41) is 8.13. The number of nitrogens with one attached hydrogen (secondary N) is 2. The van der Waals surface area contributed by atoms with Crippen LogP contribution in [0, 0.1) is 0 Å². The zero-order valence-corrected chi connectivity index (χ0v) is 16.4.